The van der Waals surface area contributed by atoms with E-state index >= 15 is 0 Å². The Morgan fingerprint density at radius 1 is 1.03 bits per heavy atom. The number of aryl methyl sites for hydroxylation is 2. The van der Waals surface area contributed by atoms with Crippen LogP contribution in [0.5, 0.6) is 0 Å². The van der Waals surface area contributed by atoms with Gasteiger partial charge in [0.1, 0.15) is 5.82 Å². The molecule has 3 aromatic rings. The minimum atomic E-state index is -0.316. The van der Waals surface area contributed by atoms with Crippen molar-refractivity contribution in [2.24, 2.45) is 0 Å². The van der Waals surface area contributed by atoms with Crippen LogP contribution in [0.2, 0.25) is 0 Å². The van der Waals surface area contributed by atoms with Gasteiger partial charge in [0.2, 0.25) is 5.91 Å². The van der Waals surface area contributed by atoms with Gasteiger partial charge in [0, 0.05) is 48.5 Å². The number of piperazine rings is 1. The lowest BCUT2D eigenvalue weighted by Crippen LogP contribution is -2.52. The van der Waals surface area contributed by atoms with Crippen LogP contribution in [0.4, 0.5) is 14.9 Å². The minimum absolute atomic E-state index is 0.0120. The number of nitrogens with one attached hydrogen (secondary N) is 2. The molecule has 2 heterocycles. The van der Waals surface area contributed by atoms with Gasteiger partial charge in [0.05, 0.1) is 6.42 Å². The first-order valence-corrected chi connectivity index (χ1v) is 10.1. The van der Waals surface area contributed by atoms with Gasteiger partial charge in [0.25, 0.3) is 0 Å². The van der Waals surface area contributed by atoms with Crippen molar-refractivity contribution in [3.05, 3.63) is 65.1 Å². The standard InChI is InChI=1S/C23H25FN4O2/c1-15-4-3-5-18(12-15)26-23(30)28-10-8-27(9-11-28)22(29)14-19-16(2)25-21-7-6-17(24)13-20(19)21/h3-7,12-13,25H,8-11,14H2,1-2H3,(H,26,30). The maximum atomic E-state index is 13.7. The molecular weight excluding hydrogens is 383 g/mol. The lowest BCUT2D eigenvalue weighted by Gasteiger charge is -2.34. The maximum Gasteiger partial charge on any atom is 0.321 e. The van der Waals surface area contributed by atoms with Crippen molar-refractivity contribution in [3.63, 3.8) is 0 Å². The van der Waals surface area contributed by atoms with E-state index in [2.05, 4.69) is 10.3 Å². The number of anilines is 1. The zero-order valence-electron chi connectivity index (χ0n) is 17.2. The zero-order valence-corrected chi connectivity index (χ0v) is 17.2. The lowest BCUT2D eigenvalue weighted by atomic mass is 10.1. The number of carbonyl (C=O) groups excluding carboxylic acids is 2. The van der Waals surface area contributed by atoms with Gasteiger partial charge in [-0.2, -0.15) is 0 Å². The van der Waals surface area contributed by atoms with Crippen LogP contribution in [0.25, 0.3) is 10.9 Å². The fraction of sp³-hybridized carbons (Fsp3) is 0.304. The largest absolute Gasteiger partial charge is 0.358 e. The molecule has 0 atom stereocenters. The average Bonchev–Trinajstić information content (AvgIpc) is 3.02. The van der Waals surface area contributed by atoms with E-state index in [-0.39, 0.29) is 24.2 Å². The number of benzene rings is 2. The van der Waals surface area contributed by atoms with E-state index < -0.39 is 0 Å². The molecule has 156 valence electrons. The van der Waals surface area contributed by atoms with Crippen LogP contribution in [0, 0.1) is 19.7 Å². The Morgan fingerprint density at radius 3 is 2.50 bits per heavy atom. The minimum Gasteiger partial charge on any atom is -0.358 e. The molecule has 0 saturated carbocycles. The van der Waals surface area contributed by atoms with Gasteiger partial charge in [-0.15, -0.1) is 0 Å². The van der Waals surface area contributed by atoms with Gasteiger partial charge in [0.15, 0.2) is 0 Å². The van der Waals surface area contributed by atoms with E-state index in [9.17, 15) is 14.0 Å². The number of aromatic nitrogens is 1. The van der Waals surface area contributed by atoms with Crippen molar-refractivity contribution >= 4 is 28.5 Å². The molecule has 1 aliphatic heterocycles. The lowest BCUT2D eigenvalue weighted by molar-refractivity contribution is -0.131. The third-order valence-corrected chi connectivity index (χ3v) is 5.60. The number of amides is 3. The van der Waals surface area contributed by atoms with Crippen LogP contribution < -0.4 is 5.32 Å². The molecule has 2 aromatic carbocycles. The van der Waals surface area contributed by atoms with E-state index in [0.29, 0.717) is 26.2 Å². The van der Waals surface area contributed by atoms with Gasteiger partial charge in [-0.1, -0.05) is 12.1 Å². The molecule has 0 aliphatic carbocycles. The van der Waals surface area contributed by atoms with E-state index in [4.69, 9.17) is 0 Å². The molecule has 2 N–H and O–H groups in total. The highest BCUT2D eigenvalue weighted by Crippen LogP contribution is 2.24. The highest BCUT2D eigenvalue weighted by Gasteiger charge is 2.25. The third kappa shape index (κ3) is 4.15. The molecular formula is C23H25FN4O2. The number of hydrogen-bond donors (Lipinski definition) is 2. The normalized spacial score (nSPS) is 14.2. The molecule has 4 rings (SSSR count). The Balaban J connectivity index is 1.36. The highest BCUT2D eigenvalue weighted by molar-refractivity contribution is 5.91. The van der Waals surface area contributed by atoms with Crippen molar-refractivity contribution in [1.29, 1.82) is 0 Å². The van der Waals surface area contributed by atoms with Crippen molar-refractivity contribution < 1.29 is 14.0 Å². The number of nitrogens with zero attached hydrogens (tertiary/aromatic N) is 2. The summed E-state index contributed by atoms with van der Waals surface area (Å²) in [5.41, 5.74) is 4.37. The van der Waals surface area contributed by atoms with E-state index in [1.807, 2.05) is 38.1 Å². The Morgan fingerprint density at radius 2 is 1.77 bits per heavy atom. The second-order valence-corrected chi connectivity index (χ2v) is 7.76. The van der Waals surface area contributed by atoms with E-state index in [1.54, 1.807) is 15.9 Å². The quantitative estimate of drug-likeness (QED) is 0.691. The molecule has 1 saturated heterocycles. The summed E-state index contributed by atoms with van der Waals surface area (Å²) in [7, 11) is 0. The van der Waals surface area contributed by atoms with Crippen molar-refractivity contribution in [1.82, 2.24) is 14.8 Å². The zero-order chi connectivity index (χ0) is 21.3. The molecule has 1 aliphatic rings. The fourth-order valence-electron chi connectivity index (χ4n) is 3.93. The highest BCUT2D eigenvalue weighted by atomic mass is 19.1. The van der Waals surface area contributed by atoms with Crippen LogP contribution in [0.3, 0.4) is 0 Å². The molecule has 0 spiro atoms. The van der Waals surface area contributed by atoms with Gasteiger partial charge in [-0.25, -0.2) is 9.18 Å². The van der Waals surface area contributed by atoms with Gasteiger partial charge >= 0.3 is 6.03 Å². The van der Waals surface area contributed by atoms with Gasteiger partial charge < -0.3 is 20.1 Å². The van der Waals surface area contributed by atoms with Crippen molar-refractivity contribution in [3.8, 4) is 0 Å². The van der Waals surface area contributed by atoms with Crippen LogP contribution in [0.1, 0.15) is 16.8 Å². The second-order valence-electron chi connectivity index (χ2n) is 7.76. The number of rotatable bonds is 3. The SMILES string of the molecule is Cc1cccc(NC(=O)N2CCN(C(=O)Cc3c(C)[nH]c4ccc(F)cc34)CC2)c1. The monoisotopic (exact) mass is 408 g/mol. The third-order valence-electron chi connectivity index (χ3n) is 5.60. The number of carbonyl (C=O) groups is 2. The Hall–Kier alpha value is -3.35. The molecule has 30 heavy (non-hydrogen) atoms. The van der Waals surface area contributed by atoms with Crippen LogP contribution >= 0.6 is 0 Å². The number of fused-ring (bicyclic) bond motifs is 1. The first-order valence-electron chi connectivity index (χ1n) is 10.1. The number of halogens is 1. The van der Waals surface area contributed by atoms with Gasteiger partial charge in [-0.3, -0.25) is 4.79 Å². The Bertz CT molecular complexity index is 1100. The molecule has 0 unspecified atom stereocenters. The predicted octanol–water partition coefficient (Wildman–Crippen LogP) is 3.84. The molecule has 7 heteroatoms. The van der Waals surface area contributed by atoms with Gasteiger partial charge in [-0.05, 0) is 55.3 Å². The summed E-state index contributed by atoms with van der Waals surface area (Å²) < 4.78 is 13.7. The van der Waals surface area contributed by atoms with E-state index in [1.165, 1.54) is 12.1 Å². The maximum absolute atomic E-state index is 13.7. The fourth-order valence-corrected chi connectivity index (χ4v) is 3.93. The molecule has 1 aromatic heterocycles. The molecule has 0 radical (unpaired) electrons. The van der Waals surface area contributed by atoms with Crippen LogP contribution in [-0.2, 0) is 11.2 Å². The summed E-state index contributed by atoms with van der Waals surface area (Å²) in [6.07, 6.45) is 0.213. The first kappa shape index (κ1) is 19.9. The number of hydrogen-bond acceptors (Lipinski definition) is 2. The first-order chi connectivity index (χ1) is 14.4. The predicted molar refractivity (Wildman–Crippen MR) is 115 cm³/mol. The number of urea groups is 1. The summed E-state index contributed by atoms with van der Waals surface area (Å²) in [6, 6.07) is 12.1. The van der Waals surface area contributed by atoms with Crippen molar-refractivity contribution in [2.45, 2.75) is 20.3 Å². The van der Waals surface area contributed by atoms with Crippen molar-refractivity contribution in [2.75, 3.05) is 31.5 Å². The van der Waals surface area contributed by atoms with E-state index in [0.717, 1.165) is 33.4 Å². The Kier molecular flexibility index (Phi) is 5.44. The smallest absolute Gasteiger partial charge is 0.321 e. The van der Waals surface area contributed by atoms with Crippen LogP contribution in [-0.4, -0.2) is 52.9 Å². The molecule has 1 fully saturated rings. The Labute approximate surface area is 174 Å². The molecule has 6 nitrogen and oxygen atoms in total. The topological polar surface area (TPSA) is 68.4 Å². The second kappa shape index (κ2) is 8.18. The molecule has 0 bridgehead atoms. The summed E-state index contributed by atoms with van der Waals surface area (Å²) in [5, 5.41) is 3.66. The van der Waals surface area contributed by atoms with Crippen LogP contribution in [0.15, 0.2) is 42.5 Å². The summed E-state index contributed by atoms with van der Waals surface area (Å²) in [6.45, 7) is 5.79. The average molecular weight is 408 g/mol. The summed E-state index contributed by atoms with van der Waals surface area (Å²) in [5.74, 6) is -0.328. The molecule has 3 amide bonds. The number of aromatic amines is 1. The number of H-pyrrole nitrogens is 1. The summed E-state index contributed by atoms with van der Waals surface area (Å²) >= 11 is 0. The summed E-state index contributed by atoms with van der Waals surface area (Å²) in [4.78, 5) is 32.1.